The van der Waals surface area contributed by atoms with Crippen molar-refractivity contribution in [2.75, 3.05) is 11.9 Å². The number of amides is 1. The molecule has 1 aliphatic carbocycles. The standard InChI is InChI=1S/C22H17NO/c1-23-19-13-7-11-17-16-10-5-6-12-18(16)22(20(17)19,21(23)24)14-15-8-3-2-4-9-15/h2-13H,14H2,1H3/t22-/m1/s1. The average Bonchev–Trinajstić information content (AvgIpc) is 3.04. The fourth-order valence-corrected chi connectivity index (χ4v) is 4.50. The number of fused-ring (bicyclic) bond motifs is 3. The van der Waals surface area contributed by atoms with E-state index < -0.39 is 5.41 Å². The van der Waals surface area contributed by atoms with Crippen LogP contribution in [0.1, 0.15) is 16.7 Å². The molecule has 0 fully saturated rings. The SMILES string of the molecule is CN1C(=O)[C@]2(Cc3ccccc3)c3ccccc3-c3cccc1c32. The molecule has 2 heteroatoms. The van der Waals surface area contributed by atoms with E-state index in [9.17, 15) is 4.79 Å². The molecule has 5 rings (SSSR count). The molecule has 0 bridgehead atoms. The maximum Gasteiger partial charge on any atom is 0.242 e. The maximum absolute atomic E-state index is 13.4. The third kappa shape index (κ3) is 1.48. The number of rotatable bonds is 2. The molecule has 1 heterocycles. The predicted octanol–water partition coefficient (Wildman–Crippen LogP) is 4.17. The lowest BCUT2D eigenvalue weighted by Gasteiger charge is -2.26. The van der Waals surface area contributed by atoms with Crippen molar-refractivity contribution < 1.29 is 4.79 Å². The van der Waals surface area contributed by atoms with E-state index >= 15 is 0 Å². The van der Waals surface area contributed by atoms with Gasteiger partial charge in [-0.1, -0.05) is 66.7 Å². The molecule has 24 heavy (non-hydrogen) atoms. The summed E-state index contributed by atoms with van der Waals surface area (Å²) in [5, 5.41) is 0. The number of likely N-dealkylation sites (N-methyl/N-ethyl adjacent to an activating group) is 1. The van der Waals surface area contributed by atoms with Gasteiger partial charge in [0.1, 0.15) is 5.41 Å². The van der Waals surface area contributed by atoms with Gasteiger partial charge in [0, 0.05) is 18.3 Å². The van der Waals surface area contributed by atoms with Crippen LogP contribution < -0.4 is 4.90 Å². The molecule has 3 aromatic rings. The molecular formula is C22H17NO. The highest BCUT2D eigenvalue weighted by atomic mass is 16.2. The fraction of sp³-hybridized carbons (Fsp3) is 0.136. The van der Waals surface area contributed by atoms with Gasteiger partial charge in [-0.3, -0.25) is 4.79 Å². The summed E-state index contributed by atoms with van der Waals surface area (Å²) in [6.45, 7) is 0. The molecule has 0 spiro atoms. The van der Waals surface area contributed by atoms with Gasteiger partial charge in [-0.25, -0.2) is 0 Å². The summed E-state index contributed by atoms with van der Waals surface area (Å²) in [7, 11) is 1.89. The molecule has 116 valence electrons. The predicted molar refractivity (Wildman–Crippen MR) is 96.2 cm³/mol. The van der Waals surface area contributed by atoms with E-state index in [2.05, 4.69) is 48.5 Å². The smallest absolute Gasteiger partial charge is 0.242 e. The van der Waals surface area contributed by atoms with Crippen LogP contribution in [0.3, 0.4) is 0 Å². The Balaban J connectivity index is 1.85. The minimum atomic E-state index is -0.585. The van der Waals surface area contributed by atoms with Crippen LogP contribution in [-0.4, -0.2) is 13.0 Å². The normalized spacial score (nSPS) is 20.2. The first kappa shape index (κ1) is 13.6. The van der Waals surface area contributed by atoms with Crippen molar-refractivity contribution in [1.29, 1.82) is 0 Å². The van der Waals surface area contributed by atoms with Gasteiger partial charge >= 0.3 is 0 Å². The number of benzene rings is 3. The molecule has 0 radical (unpaired) electrons. The van der Waals surface area contributed by atoms with Crippen molar-refractivity contribution in [3.8, 4) is 11.1 Å². The lowest BCUT2D eigenvalue weighted by atomic mass is 9.74. The van der Waals surface area contributed by atoms with Crippen molar-refractivity contribution in [1.82, 2.24) is 0 Å². The molecular weight excluding hydrogens is 294 g/mol. The molecule has 0 aromatic heterocycles. The van der Waals surface area contributed by atoms with Gasteiger partial charge in [0.05, 0.1) is 0 Å². The minimum absolute atomic E-state index is 0.179. The van der Waals surface area contributed by atoms with Gasteiger partial charge in [0.2, 0.25) is 5.91 Å². The highest BCUT2D eigenvalue weighted by Crippen LogP contribution is 2.58. The molecule has 0 N–H and O–H groups in total. The first-order chi connectivity index (χ1) is 11.7. The van der Waals surface area contributed by atoms with E-state index in [-0.39, 0.29) is 5.91 Å². The Morgan fingerprint density at radius 2 is 1.54 bits per heavy atom. The third-order valence-corrected chi connectivity index (χ3v) is 5.49. The van der Waals surface area contributed by atoms with Gasteiger partial charge in [-0.05, 0) is 34.7 Å². The van der Waals surface area contributed by atoms with Crippen LogP contribution in [0.2, 0.25) is 0 Å². The lowest BCUT2D eigenvalue weighted by Crippen LogP contribution is -2.40. The van der Waals surface area contributed by atoms with Crippen LogP contribution in [-0.2, 0) is 16.6 Å². The van der Waals surface area contributed by atoms with Gasteiger partial charge in [0.25, 0.3) is 0 Å². The second-order valence-electron chi connectivity index (χ2n) is 6.68. The third-order valence-electron chi connectivity index (χ3n) is 5.49. The molecule has 1 atom stereocenters. The zero-order valence-electron chi connectivity index (χ0n) is 13.5. The molecule has 2 aliphatic rings. The number of carbonyl (C=O) groups excluding carboxylic acids is 1. The highest BCUT2D eigenvalue weighted by Gasteiger charge is 2.56. The van der Waals surface area contributed by atoms with Crippen molar-refractivity contribution in [3.63, 3.8) is 0 Å². The monoisotopic (exact) mass is 311 g/mol. The van der Waals surface area contributed by atoms with Gasteiger partial charge in [0.15, 0.2) is 0 Å². The topological polar surface area (TPSA) is 20.3 Å². The summed E-state index contributed by atoms with van der Waals surface area (Å²) in [6, 6.07) is 25.0. The van der Waals surface area contributed by atoms with E-state index in [1.54, 1.807) is 0 Å². The zero-order valence-corrected chi connectivity index (χ0v) is 13.5. The number of hydrogen-bond donors (Lipinski definition) is 0. The zero-order chi connectivity index (χ0) is 16.3. The van der Waals surface area contributed by atoms with E-state index in [1.165, 1.54) is 22.3 Å². The van der Waals surface area contributed by atoms with Gasteiger partial charge in [-0.2, -0.15) is 0 Å². The largest absolute Gasteiger partial charge is 0.314 e. The number of hydrogen-bond acceptors (Lipinski definition) is 1. The van der Waals surface area contributed by atoms with E-state index in [0.717, 1.165) is 11.3 Å². The Bertz CT molecular complexity index is 976. The average molecular weight is 311 g/mol. The quantitative estimate of drug-likeness (QED) is 0.695. The Kier molecular flexibility index (Phi) is 2.58. The first-order valence-corrected chi connectivity index (χ1v) is 8.29. The highest BCUT2D eigenvalue weighted by molar-refractivity contribution is 6.15. The van der Waals surface area contributed by atoms with E-state index in [0.29, 0.717) is 6.42 Å². The molecule has 0 unspecified atom stereocenters. The van der Waals surface area contributed by atoms with E-state index in [4.69, 9.17) is 0 Å². The number of carbonyl (C=O) groups is 1. The maximum atomic E-state index is 13.4. The van der Waals surface area contributed by atoms with Crippen LogP contribution in [0, 0.1) is 0 Å². The van der Waals surface area contributed by atoms with Gasteiger partial charge < -0.3 is 4.90 Å². The van der Waals surface area contributed by atoms with Crippen molar-refractivity contribution in [3.05, 3.63) is 89.5 Å². The molecule has 2 nitrogen and oxygen atoms in total. The number of nitrogens with zero attached hydrogens (tertiary/aromatic N) is 1. The van der Waals surface area contributed by atoms with Crippen LogP contribution >= 0.6 is 0 Å². The molecule has 3 aromatic carbocycles. The molecule has 0 saturated carbocycles. The van der Waals surface area contributed by atoms with Crippen LogP contribution in [0.25, 0.3) is 11.1 Å². The summed E-state index contributed by atoms with van der Waals surface area (Å²) in [6.07, 6.45) is 0.706. The summed E-state index contributed by atoms with van der Waals surface area (Å²) in [4.78, 5) is 15.3. The molecule has 1 aliphatic heterocycles. The Hall–Kier alpha value is -2.87. The molecule has 1 amide bonds. The number of anilines is 1. The Labute approximate surface area is 141 Å². The van der Waals surface area contributed by atoms with E-state index in [1.807, 2.05) is 36.2 Å². The minimum Gasteiger partial charge on any atom is -0.314 e. The summed E-state index contributed by atoms with van der Waals surface area (Å²) in [5.74, 6) is 0.179. The fourth-order valence-electron chi connectivity index (χ4n) is 4.50. The summed E-state index contributed by atoms with van der Waals surface area (Å²) >= 11 is 0. The van der Waals surface area contributed by atoms with Crippen LogP contribution in [0.4, 0.5) is 5.69 Å². The Morgan fingerprint density at radius 1 is 0.833 bits per heavy atom. The van der Waals surface area contributed by atoms with Gasteiger partial charge in [-0.15, -0.1) is 0 Å². The van der Waals surface area contributed by atoms with Crippen LogP contribution in [0.15, 0.2) is 72.8 Å². The Morgan fingerprint density at radius 3 is 2.38 bits per heavy atom. The summed E-state index contributed by atoms with van der Waals surface area (Å²) < 4.78 is 0. The van der Waals surface area contributed by atoms with Crippen molar-refractivity contribution >= 4 is 11.6 Å². The van der Waals surface area contributed by atoms with Crippen molar-refractivity contribution in [2.45, 2.75) is 11.8 Å². The second kappa shape index (κ2) is 4.57. The lowest BCUT2D eigenvalue weighted by molar-refractivity contribution is -0.121. The molecule has 0 saturated heterocycles. The van der Waals surface area contributed by atoms with Crippen molar-refractivity contribution in [2.24, 2.45) is 0 Å². The summed E-state index contributed by atoms with van der Waals surface area (Å²) in [5.41, 5.74) is 6.39. The first-order valence-electron chi connectivity index (χ1n) is 8.29. The van der Waals surface area contributed by atoms with Crippen LogP contribution in [0.5, 0.6) is 0 Å². The second-order valence-corrected chi connectivity index (χ2v) is 6.68.